The minimum Gasteiger partial charge on any atom is -0.390 e. The van der Waals surface area contributed by atoms with Gasteiger partial charge >= 0.3 is 0 Å². The van der Waals surface area contributed by atoms with E-state index in [0.29, 0.717) is 5.92 Å². The summed E-state index contributed by atoms with van der Waals surface area (Å²) in [5.41, 5.74) is -0.363. The third-order valence-corrected chi connectivity index (χ3v) is 2.63. The topological polar surface area (TPSA) is 20.2 Å². The summed E-state index contributed by atoms with van der Waals surface area (Å²) in [6.45, 7) is 4.09. The van der Waals surface area contributed by atoms with Crippen LogP contribution in [0.15, 0.2) is 0 Å². The summed E-state index contributed by atoms with van der Waals surface area (Å²) in [6.07, 6.45) is 4.70. The fourth-order valence-electron chi connectivity index (χ4n) is 1.49. The molecule has 1 N–H and O–H groups in total. The predicted molar refractivity (Wildman–Crippen MR) is 38.3 cm³/mol. The molecule has 0 aliphatic heterocycles. The first kappa shape index (κ1) is 7.07. The van der Waals surface area contributed by atoms with Crippen LogP contribution in [0.3, 0.4) is 0 Å². The molecule has 0 amide bonds. The van der Waals surface area contributed by atoms with Gasteiger partial charge in [-0.05, 0) is 25.7 Å². The molecule has 1 aliphatic carbocycles. The van der Waals surface area contributed by atoms with Gasteiger partial charge in [-0.15, -0.1) is 0 Å². The maximum atomic E-state index is 9.64. The molecular formula is C8H16O. The molecule has 54 valence electrons. The average molecular weight is 128 g/mol. The van der Waals surface area contributed by atoms with Crippen molar-refractivity contribution in [1.29, 1.82) is 0 Å². The fraction of sp³-hybridized carbons (Fsp3) is 1.00. The Labute approximate surface area is 57.1 Å². The molecule has 1 heteroatoms. The van der Waals surface area contributed by atoms with E-state index in [1.54, 1.807) is 0 Å². The summed E-state index contributed by atoms with van der Waals surface area (Å²) in [4.78, 5) is 0. The Morgan fingerprint density at radius 3 is 2.44 bits per heavy atom. The zero-order chi connectivity index (χ0) is 6.91. The van der Waals surface area contributed by atoms with E-state index in [4.69, 9.17) is 0 Å². The first-order chi connectivity index (χ1) is 4.13. The summed E-state index contributed by atoms with van der Waals surface area (Å²) in [5.74, 6) is 0.506. The molecule has 0 heterocycles. The van der Waals surface area contributed by atoms with E-state index in [0.717, 1.165) is 6.42 Å². The highest BCUT2D eigenvalue weighted by Crippen LogP contribution is 2.32. The average Bonchev–Trinajstić information content (AvgIpc) is 1.77. The van der Waals surface area contributed by atoms with E-state index < -0.39 is 0 Å². The molecule has 2 atom stereocenters. The van der Waals surface area contributed by atoms with Crippen LogP contribution in [0.5, 0.6) is 0 Å². The van der Waals surface area contributed by atoms with E-state index in [1.807, 2.05) is 6.92 Å². The Bertz CT molecular complexity index is 96.7. The number of hydrogen-bond acceptors (Lipinski definition) is 1. The highest BCUT2D eigenvalue weighted by atomic mass is 16.3. The van der Waals surface area contributed by atoms with Crippen molar-refractivity contribution in [2.75, 3.05) is 0 Å². The second kappa shape index (κ2) is 2.30. The van der Waals surface area contributed by atoms with Crippen molar-refractivity contribution in [2.24, 2.45) is 5.92 Å². The first-order valence-corrected chi connectivity index (χ1v) is 3.85. The Morgan fingerprint density at radius 2 is 2.11 bits per heavy atom. The van der Waals surface area contributed by atoms with Crippen LogP contribution in [0, 0.1) is 5.92 Å². The van der Waals surface area contributed by atoms with Gasteiger partial charge in [0, 0.05) is 0 Å². The van der Waals surface area contributed by atoms with Gasteiger partial charge in [-0.3, -0.25) is 0 Å². The molecule has 1 aliphatic rings. The van der Waals surface area contributed by atoms with Crippen molar-refractivity contribution in [1.82, 2.24) is 0 Å². The van der Waals surface area contributed by atoms with Crippen LogP contribution in [0.2, 0.25) is 0 Å². The van der Waals surface area contributed by atoms with Crippen LogP contribution in [-0.4, -0.2) is 10.7 Å². The van der Waals surface area contributed by atoms with Crippen LogP contribution in [0.25, 0.3) is 0 Å². The van der Waals surface area contributed by atoms with Gasteiger partial charge in [-0.1, -0.05) is 19.8 Å². The lowest BCUT2D eigenvalue weighted by Gasteiger charge is -2.34. The van der Waals surface area contributed by atoms with Crippen LogP contribution in [-0.2, 0) is 0 Å². The summed E-state index contributed by atoms with van der Waals surface area (Å²) in [7, 11) is 0. The highest BCUT2D eigenvalue weighted by molar-refractivity contribution is 4.82. The van der Waals surface area contributed by atoms with Crippen LogP contribution in [0.1, 0.15) is 39.5 Å². The van der Waals surface area contributed by atoms with Crippen molar-refractivity contribution < 1.29 is 5.11 Å². The Kier molecular flexibility index (Phi) is 1.80. The monoisotopic (exact) mass is 128 g/mol. The lowest BCUT2D eigenvalue weighted by atomic mass is 9.78. The van der Waals surface area contributed by atoms with Crippen LogP contribution in [0.4, 0.5) is 0 Å². The third kappa shape index (κ3) is 1.45. The van der Waals surface area contributed by atoms with Gasteiger partial charge in [0.1, 0.15) is 0 Å². The van der Waals surface area contributed by atoms with E-state index in [1.165, 1.54) is 19.3 Å². The fourth-order valence-corrected chi connectivity index (χ4v) is 1.49. The van der Waals surface area contributed by atoms with Gasteiger partial charge < -0.3 is 5.11 Å². The molecule has 0 bridgehead atoms. The van der Waals surface area contributed by atoms with Gasteiger partial charge in [0.05, 0.1) is 5.60 Å². The molecule has 1 rings (SSSR count). The molecular weight excluding hydrogens is 112 g/mol. The predicted octanol–water partition coefficient (Wildman–Crippen LogP) is 1.95. The lowest BCUT2D eigenvalue weighted by molar-refractivity contribution is -0.0239. The van der Waals surface area contributed by atoms with Gasteiger partial charge in [0.15, 0.2) is 0 Å². The largest absolute Gasteiger partial charge is 0.390 e. The molecule has 1 nitrogen and oxygen atoms in total. The minimum absolute atomic E-state index is 0.363. The van der Waals surface area contributed by atoms with E-state index >= 15 is 0 Å². The second-order valence-electron chi connectivity index (χ2n) is 3.50. The van der Waals surface area contributed by atoms with Crippen molar-refractivity contribution in [2.45, 2.75) is 45.1 Å². The molecule has 1 saturated carbocycles. The van der Waals surface area contributed by atoms with Gasteiger partial charge in [-0.25, -0.2) is 0 Å². The molecule has 0 aromatic rings. The van der Waals surface area contributed by atoms with Crippen molar-refractivity contribution in [3.63, 3.8) is 0 Å². The molecule has 0 aromatic heterocycles. The summed E-state index contributed by atoms with van der Waals surface area (Å²) in [6, 6.07) is 0. The molecule has 0 spiro atoms. The van der Waals surface area contributed by atoms with Crippen LogP contribution < -0.4 is 0 Å². The normalized spacial score (nSPS) is 45.0. The van der Waals surface area contributed by atoms with Crippen LogP contribution >= 0.6 is 0 Å². The Morgan fingerprint density at radius 1 is 1.44 bits per heavy atom. The molecule has 9 heavy (non-hydrogen) atoms. The highest BCUT2D eigenvalue weighted by Gasteiger charge is 2.30. The molecule has 0 saturated heterocycles. The zero-order valence-electron chi connectivity index (χ0n) is 6.35. The van der Waals surface area contributed by atoms with Crippen molar-refractivity contribution >= 4 is 0 Å². The molecule has 0 aromatic carbocycles. The standard InChI is InChI=1S/C8H16O/c1-7-5-3-4-6-8(7,2)9/h7,9H,3-6H2,1-2H3/t7-,8+/m0/s1. The molecule has 0 radical (unpaired) electrons. The third-order valence-electron chi connectivity index (χ3n) is 2.63. The first-order valence-electron chi connectivity index (χ1n) is 3.85. The Balaban J connectivity index is 2.49. The van der Waals surface area contributed by atoms with Gasteiger partial charge in [0.25, 0.3) is 0 Å². The quantitative estimate of drug-likeness (QED) is 0.528. The van der Waals surface area contributed by atoms with Gasteiger partial charge in [0.2, 0.25) is 0 Å². The van der Waals surface area contributed by atoms with E-state index in [-0.39, 0.29) is 5.60 Å². The summed E-state index contributed by atoms with van der Waals surface area (Å²) >= 11 is 0. The number of hydrogen-bond donors (Lipinski definition) is 1. The smallest absolute Gasteiger partial charge is 0.0645 e. The van der Waals surface area contributed by atoms with E-state index in [2.05, 4.69) is 6.92 Å². The van der Waals surface area contributed by atoms with Gasteiger partial charge in [-0.2, -0.15) is 0 Å². The molecule has 0 unspecified atom stereocenters. The maximum absolute atomic E-state index is 9.64. The minimum atomic E-state index is -0.363. The van der Waals surface area contributed by atoms with Crippen molar-refractivity contribution in [3.8, 4) is 0 Å². The maximum Gasteiger partial charge on any atom is 0.0645 e. The number of aliphatic hydroxyl groups is 1. The van der Waals surface area contributed by atoms with Crippen molar-refractivity contribution in [3.05, 3.63) is 0 Å². The summed E-state index contributed by atoms with van der Waals surface area (Å²) < 4.78 is 0. The Hall–Kier alpha value is -0.0400. The second-order valence-corrected chi connectivity index (χ2v) is 3.50. The summed E-state index contributed by atoms with van der Waals surface area (Å²) in [5, 5.41) is 9.64. The zero-order valence-corrected chi connectivity index (χ0v) is 6.35. The number of rotatable bonds is 0. The SMILES string of the molecule is C[C@H]1CCCC[C@@]1(C)O. The van der Waals surface area contributed by atoms with E-state index in [9.17, 15) is 5.11 Å². The molecule has 1 fully saturated rings. The lowest BCUT2D eigenvalue weighted by Crippen LogP contribution is -2.35.